The van der Waals surface area contributed by atoms with Crippen LogP contribution < -0.4 is 11.1 Å². The minimum Gasteiger partial charge on any atom is -0.399 e. The molecule has 1 heterocycles. The van der Waals surface area contributed by atoms with Crippen molar-refractivity contribution in [2.75, 3.05) is 25.4 Å². The van der Waals surface area contributed by atoms with Crippen LogP contribution in [0.15, 0.2) is 24.3 Å². The number of carbonyl (C=O) groups excluding carboxylic acids is 1. The number of nitrogens with zero attached hydrogens (tertiary/aromatic N) is 1. The maximum atomic E-state index is 11.9. The summed E-state index contributed by atoms with van der Waals surface area (Å²) >= 11 is 0. The number of piperidine rings is 1. The fourth-order valence-corrected chi connectivity index (χ4v) is 2.71. The van der Waals surface area contributed by atoms with Gasteiger partial charge in [0.25, 0.3) is 5.91 Å². The average Bonchev–Trinajstić information content (AvgIpc) is 2.46. The first-order valence-corrected chi connectivity index (χ1v) is 7.54. The highest BCUT2D eigenvalue weighted by molar-refractivity contribution is 5.94. The van der Waals surface area contributed by atoms with Crippen LogP contribution in [0.3, 0.4) is 0 Å². The lowest BCUT2D eigenvalue weighted by Crippen LogP contribution is -2.39. The molecule has 1 amide bonds. The Kier molecular flexibility index (Phi) is 5.41. The molecule has 2 rings (SSSR count). The molecule has 1 aromatic rings. The van der Waals surface area contributed by atoms with Crippen LogP contribution in [0.2, 0.25) is 0 Å². The van der Waals surface area contributed by atoms with Crippen LogP contribution in [0.4, 0.5) is 5.69 Å². The molecule has 0 spiro atoms. The van der Waals surface area contributed by atoms with Gasteiger partial charge in [-0.15, -0.1) is 0 Å². The number of nitrogen functional groups attached to an aromatic ring is 1. The second-order valence-electron chi connectivity index (χ2n) is 5.61. The van der Waals surface area contributed by atoms with Gasteiger partial charge in [-0.05, 0) is 57.0 Å². The van der Waals surface area contributed by atoms with Crippen molar-refractivity contribution in [1.82, 2.24) is 10.2 Å². The van der Waals surface area contributed by atoms with Gasteiger partial charge in [0.1, 0.15) is 0 Å². The van der Waals surface area contributed by atoms with Crippen molar-refractivity contribution in [1.29, 1.82) is 0 Å². The highest BCUT2D eigenvalue weighted by atomic mass is 16.1. The van der Waals surface area contributed by atoms with Crippen LogP contribution in [-0.2, 0) is 0 Å². The van der Waals surface area contributed by atoms with Crippen molar-refractivity contribution in [3.05, 3.63) is 29.8 Å². The molecule has 0 radical (unpaired) electrons. The Balaban J connectivity index is 1.67. The van der Waals surface area contributed by atoms with Gasteiger partial charge >= 0.3 is 0 Å². The van der Waals surface area contributed by atoms with E-state index in [1.165, 1.54) is 25.8 Å². The standard InChI is InChI=1S/C16H25N3O/c1-13-5-2-3-11-19(13)12-4-10-18-16(20)14-6-8-15(17)9-7-14/h6-9,13H,2-5,10-12,17H2,1H3,(H,18,20)/t13-/m0/s1. The van der Waals surface area contributed by atoms with E-state index in [2.05, 4.69) is 17.1 Å². The molecule has 0 aliphatic carbocycles. The Labute approximate surface area is 121 Å². The Morgan fingerprint density at radius 3 is 2.80 bits per heavy atom. The fourth-order valence-electron chi connectivity index (χ4n) is 2.71. The third-order valence-corrected chi connectivity index (χ3v) is 4.02. The van der Waals surface area contributed by atoms with E-state index in [1.54, 1.807) is 24.3 Å². The van der Waals surface area contributed by atoms with Crippen molar-refractivity contribution in [2.24, 2.45) is 0 Å². The van der Waals surface area contributed by atoms with Gasteiger partial charge in [-0.2, -0.15) is 0 Å². The Morgan fingerprint density at radius 2 is 2.10 bits per heavy atom. The highest BCUT2D eigenvalue weighted by Crippen LogP contribution is 2.16. The molecule has 1 aliphatic heterocycles. The van der Waals surface area contributed by atoms with Crippen molar-refractivity contribution < 1.29 is 4.79 Å². The lowest BCUT2D eigenvalue weighted by atomic mass is 10.0. The maximum Gasteiger partial charge on any atom is 0.251 e. The number of amides is 1. The lowest BCUT2D eigenvalue weighted by molar-refractivity contribution is 0.0949. The van der Waals surface area contributed by atoms with E-state index in [4.69, 9.17) is 5.73 Å². The molecule has 4 heteroatoms. The third kappa shape index (κ3) is 4.23. The first kappa shape index (κ1) is 14.9. The molecular weight excluding hydrogens is 250 g/mol. The summed E-state index contributed by atoms with van der Waals surface area (Å²) in [5.41, 5.74) is 6.96. The predicted molar refractivity (Wildman–Crippen MR) is 82.7 cm³/mol. The van der Waals surface area contributed by atoms with E-state index in [0.717, 1.165) is 19.5 Å². The van der Waals surface area contributed by atoms with Crippen LogP contribution in [0.5, 0.6) is 0 Å². The van der Waals surface area contributed by atoms with E-state index in [-0.39, 0.29) is 5.91 Å². The maximum absolute atomic E-state index is 11.9. The van der Waals surface area contributed by atoms with Gasteiger partial charge in [0, 0.05) is 30.4 Å². The van der Waals surface area contributed by atoms with Crippen molar-refractivity contribution in [2.45, 2.75) is 38.6 Å². The van der Waals surface area contributed by atoms with E-state index in [1.807, 2.05) is 0 Å². The van der Waals surface area contributed by atoms with Crippen LogP contribution in [0.25, 0.3) is 0 Å². The summed E-state index contributed by atoms with van der Waals surface area (Å²) in [5.74, 6) is -0.0170. The highest BCUT2D eigenvalue weighted by Gasteiger charge is 2.17. The van der Waals surface area contributed by atoms with Gasteiger partial charge < -0.3 is 16.0 Å². The molecular formula is C16H25N3O. The Hall–Kier alpha value is -1.55. The molecule has 0 bridgehead atoms. The van der Waals surface area contributed by atoms with E-state index in [9.17, 15) is 4.79 Å². The summed E-state index contributed by atoms with van der Waals surface area (Å²) in [6, 6.07) is 7.72. The molecule has 0 saturated carbocycles. The lowest BCUT2D eigenvalue weighted by Gasteiger charge is -2.33. The van der Waals surface area contributed by atoms with Crippen molar-refractivity contribution in [3.8, 4) is 0 Å². The molecule has 1 saturated heterocycles. The van der Waals surface area contributed by atoms with Gasteiger partial charge in [-0.3, -0.25) is 4.79 Å². The van der Waals surface area contributed by atoms with Gasteiger partial charge in [0.15, 0.2) is 0 Å². The quantitative estimate of drug-likeness (QED) is 0.640. The number of nitrogens with two attached hydrogens (primary N) is 1. The minimum atomic E-state index is -0.0170. The molecule has 0 aromatic heterocycles. The molecule has 20 heavy (non-hydrogen) atoms. The smallest absolute Gasteiger partial charge is 0.251 e. The summed E-state index contributed by atoms with van der Waals surface area (Å²) in [5, 5.41) is 2.97. The molecule has 3 N–H and O–H groups in total. The van der Waals surface area contributed by atoms with E-state index in [0.29, 0.717) is 17.3 Å². The summed E-state index contributed by atoms with van der Waals surface area (Å²) in [4.78, 5) is 14.4. The molecule has 110 valence electrons. The molecule has 1 aliphatic rings. The molecule has 1 fully saturated rings. The zero-order chi connectivity index (χ0) is 14.4. The largest absolute Gasteiger partial charge is 0.399 e. The van der Waals surface area contributed by atoms with Gasteiger partial charge in [0.2, 0.25) is 0 Å². The molecule has 0 unspecified atom stereocenters. The number of rotatable bonds is 5. The number of nitrogens with one attached hydrogen (secondary N) is 1. The number of hydrogen-bond acceptors (Lipinski definition) is 3. The first-order valence-electron chi connectivity index (χ1n) is 7.54. The van der Waals surface area contributed by atoms with Crippen molar-refractivity contribution >= 4 is 11.6 Å². The summed E-state index contributed by atoms with van der Waals surface area (Å²) < 4.78 is 0. The van der Waals surface area contributed by atoms with E-state index < -0.39 is 0 Å². The number of likely N-dealkylation sites (tertiary alicyclic amines) is 1. The summed E-state index contributed by atoms with van der Waals surface area (Å²) in [7, 11) is 0. The monoisotopic (exact) mass is 275 g/mol. The zero-order valence-corrected chi connectivity index (χ0v) is 12.3. The Bertz CT molecular complexity index is 430. The summed E-state index contributed by atoms with van der Waals surface area (Å²) in [6.45, 7) is 5.30. The summed E-state index contributed by atoms with van der Waals surface area (Å²) in [6.07, 6.45) is 4.97. The number of hydrogen-bond donors (Lipinski definition) is 2. The van der Waals surface area contributed by atoms with Gasteiger partial charge in [-0.25, -0.2) is 0 Å². The van der Waals surface area contributed by atoms with Crippen molar-refractivity contribution in [3.63, 3.8) is 0 Å². The number of benzene rings is 1. The molecule has 1 atom stereocenters. The first-order chi connectivity index (χ1) is 9.66. The normalized spacial score (nSPS) is 19.8. The SMILES string of the molecule is C[C@H]1CCCCN1CCCNC(=O)c1ccc(N)cc1. The van der Waals surface area contributed by atoms with E-state index >= 15 is 0 Å². The van der Waals surface area contributed by atoms with Crippen LogP contribution in [0, 0.1) is 0 Å². The van der Waals surface area contributed by atoms with Crippen LogP contribution in [0.1, 0.15) is 43.0 Å². The van der Waals surface area contributed by atoms with Crippen LogP contribution >= 0.6 is 0 Å². The predicted octanol–water partition coefficient (Wildman–Crippen LogP) is 2.26. The zero-order valence-electron chi connectivity index (χ0n) is 12.3. The van der Waals surface area contributed by atoms with Gasteiger partial charge in [0.05, 0.1) is 0 Å². The second-order valence-corrected chi connectivity index (χ2v) is 5.61. The minimum absolute atomic E-state index is 0.0170. The van der Waals surface area contributed by atoms with Crippen LogP contribution in [-0.4, -0.2) is 36.5 Å². The average molecular weight is 275 g/mol. The fraction of sp³-hybridized carbons (Fsp3) is 0.562. The molecule has 4 nitrogen and oxygen atoms in total. The topological polar surface area (TPSA) is 58.4 Å². The third-order valence-electron chi connectivity index (χ3n) is 4.02. The second kappa shape index (κ2) is 7.29. The molecule has 1 aromatic carbocycles. The Morgan fingerprint density at radius 1 is 1.35 bits per heavy atom. The number of anilines is 1. The van der Waals surface area contributed by atoms with Gasteiger partial charge in [-0.1, -0.05) is 6.42 Å². The number of carbonyl (C=O) groups is 1.